The smallest absolute Gasteiger partial charge is 0.254 e. The molecule has 1 unspecified atom stereocenters. The number of aliphatic hydroxyl groups is 1. The van der Waals surface area contributed by atoms with Crippen molar-refractivity contribution in [3.8, 4) is 22.5 Å². The second-order valence-electron chi connectivity index (χ2n) is 9.15. The van der Waals surface area contributed by atoms with Crippen LogP contribution < -0.4 is 0 Å². The van der Waals surface area contributed by atoms with Gasteiger partial charge in [-0.1, -0.05) is 12.1 Å². The van der Waals surface area contributed by atoms with Gasteiger partial charge in [0.1, 0.15) is 16.9 Å². The highest BCUT2D eigenvalue weighted by atomic mass is 16.5. The summed E-state index contributed by atoms with van der Waals surface area (Å²) < 4.78 is 11.6. The van der Waals surface area contributed by atoms with Gasteiger partial charge in [-0.3, -0.25) is 14.8 Å². The Bertz CT molecular complexity index is 1370. The van der Waals surface area contributed by atoms with Gasteiger partial charge < -0.3 is 19.2 Å². The van der Waals surface area contributed by atoms with Crippen molar-refractivity contribution in [2.75, 3.05) is 13.2 Å². The number of pyridine rings is 2. The lowest BCUT2D eigenvalue weighted by atomic mass is 9.93. The van der Waals surface area contributed by atoms with E-state index < -0.39 is 5.60 Å². The molecule has 33 heavy (non-hydrogen) atoms. The summed E-state index contributed by atoms with van der Waals surface area (Å²) in [6, 6.07) is 15.3. The molecule has 0 spiro atoms. The Balaban J connectivity index is 1.32. The molecule has 2 atom stereocenters. The Kier molecular flexibility index (Phi) is 4.40. The van der Waals surface area contributed by atoms with Crippen LogP contribution in [0.5, 0.6) is 0 Å². The average Bonchev–Trinajstić information content (AvgIpc) is 3.24. The maximum Gasteiger partial charge on any atom is 0.254 e. The van der Waals surface area contributed by atoms with E-state index in [0.717, 1.165) is 22.2 Å². The van der Waals surface area contributed by atoms with Crippen molar-refractivity contribution in [2.24, 2.45) is 0 Å². The first-order valence-corrected chi connectivity index (χ1v) is 11.0. The van der Waals surface area contributed by atoms with Crippen molar-refractivity contribution in [2.45, 2.75) is 31.6 Å². The summed E-state index contributed by atoms with van der Waals surface area (Å²) in [6.07, 6.45) is 3.66. The molecule has 0 saturated carbocycles. The van der Waals surface area contributed by atoms with Crippen molar-refractivity contribution in [3.05, 3.63) is 72.2 Å². The first kappa shape index (κ1) is 20.1. The van der Waals surface area contributed by atoms with Gasteiger partial charge in [0.25, 0.3) is 5.91 Å². The Hall–Kier alpha value is -3.55. The maximum atomic E-state index is 12.7. The summed E-state index contributed by atoms with van der Waals surface area (Å²) >= 11 is 0. The Morgan fingerprint density at radius 3 is 2.52 bits per heavy atom. The monoisotopic (exact) mass is 441 g/mol. The minimum Gasteiger partial charge on any atom is -0.454 e. The number of morpholine rings is 1. The van der Waals surface area contributed by atoms with Crippen molar-refractivity contribution in [1.82, 2.24) is 14.9 Å². The fourth-order valence-electron chi connectivity index (χ4n) is 4.39. The highest BCUT2D eigenvalue weighted by Gasteiger charge is 2.49. The van der Waals surface area contributed by atoms with Crippen LogP contribution in [0.25, 0.3) is 33.6 Å². The van der Waals surface area contributed by atoms with E-state index in [9.17, 15) is 9.90 Å². The van der Waals surface area contributed by atoms with Gasteiger partial charge >= 0.3 is 0 Å². The van der Waals surface area contributed by atoms with Crippen LogP contribution in [0.2, 0.25) is 0 Å². The van der Waals surface area contributed by atoms with E-state index in [1.54, 1.807) is 26.2 Å². The summed E-state index contributed by atoms with van der Waals surface area (Å²) in [5.41, 5.74) is 4.24. The van der Waals surface area contributed by atoms with Crippen molar-refractivity contribution < 1.29 is 19.1 Å². The molecular weight excluding hydrogens is 418 g/mol. The van der Waals surface area contributed by atoms with E-state index in [-0.39, 0.29) is 18.1 Å². The zero-order chi connectivity index (χ0) is 22.7. The average molecular weight is 441 g/mol. The van der Waals surface area contributed by atoms with E-state index in [1.165, 1.54) is 0 Å². The Morgan fingerprint density at radius 2 is 1.85 bits per heavy atom. The first-order valence-electron chi connectivity index (χ1n) is 11.0. The lowest BCUT2D eigenvalue weighted by molar-refractivity contribution is -0.195. The number of ether oxygens (including phenoxy) is 1. The van der Waals surface area contributed by atoms with Crippen LogP contribution in [0.3, 0.4) is 0 Å². The molecule has 166 valence electrons. The molecule has 2 fully saturated rings. The standard InChI is InChI=1S/C26H23N3O4/c1-26(2,31)23-11-17(7-9-28-23)18-8-10-27-19-12-21(33-24(18)19)15-3-5-16(6-4-15)25(30)29-13-22-20(29)14-32-22/h3-12,20,22,31H,13-14H2,1-2H3/t20?,22-/m1/s1. The van der Waals surface area contributed by atoms with Crippen LogP contribution in [-0.2, 0) is 10.3 Å². The van der Waals surface area contributed by atoms with Gasteiger partial charge in [0.2, 0.25) is 0 Å². The Labute approximate surface area is 190 Å². The van der Waals surface area contributed by atoms with Gasteiger partial charge in [0.05, 0.1) is 24.4 Å². The molecule has 7 nitrogen and oxygen atoms in total. The van der Waals surface area contributed by atoms with Crippen LogP contribution in [0.1, 0.15) is 29.9 Å². The van der Waals surface area contributed by atoms with E-state index in [4.69, 9.17) is 9.15 Å². The first-order chi connectivity index (χ1) is 15.9. The molecule has 2 aliphatic rings. The molecule has 5 heterocycles. The molecule has 2 aliphatic heterocycles. The van der Waals surface area contributed by atoms with E-state index >= 15 is 0 Å². The number of aromatic nitrogens is 2. The molecule has 3 aromatic heterocycles. The molecule has 0 radical (unpaired) electrons. The van der Waals surface area contributed by atoms with E-state index in [2.05, 4.69) is 9.97 Å². The van der Waals surface area contributed by atoms with Crippen LogP contribution in [0.15, 0.2) is 65.3 Å². The topological polar surface area (TPSA) is 88.7 Å². The molecule has 0 aliphatic carbocycles. The van der Waals surface area contributed by atoms with Gasteiger partial charge in [-0.15, -0.1) is 0 Å². The molecule has 0 bridgehead atoms. The van der Waals surface area contributed by atoms with Crippen molar-refractivity contribution in [3.63, 3.8) is 0 Å². The predicted molar refractivity (Wildman–Crippen MR) is 122 cm³/mol. The van der Waals surface area contributed by atoms with Gasteiger partial charge in [0.15, 0.2) is 5.58 Å². The summed E-state index contributed by atoms with van der Waals surface area (Å²) in [5.74, 6) is 0.720. The predicted octanol–water partition coefficient (Wildman–Crippen LogP) is 4.01. The van der Waals surface area contributed by atoms with Crippen LogP contribution in [-0.4, -0.2) is 51.2 Å². The summed E-state index contributed by atoms with van der Waals surface area (Å²) in [7, 11) is 0. The molecule has 1 amide bonds. The third-order valence-corrected chi connectivity index (χ3v) is 6.47. The summed E-state index contributed by atoms with van der Waals surface area (Å²) in [4.78, 5) is 23.3. The zero-order valence-electron chi connectivity index (χ0n) is 18.4. The third-order valence-electron chi connectivity index (χ3n) is 6.47. The van der Waals surface area contributed by atoms with Crippen molar-refractivity contribution in [1.29, 1.82) is 0 Å². The molecule has 4 aromatic rings. The number of carbonyl (C=O) groups is 1. The quantitative estimate of drug-likeness (QED) is 0.515. The van der Waals surface area contributed by atoms with Gasteiger partial charge in [-0.05, 0) is 49.7 Å². The number of nitrogens with zero attached hydrogens (tertiary/aromatic N) is 3. The fraction of sp³-hybridized carbons (Fsp3) is 0.269. The molecular formula is C26H23N3O4. The minimum atomic E-state index is -1.04. The van der Waals surface area contributed by atoms with Gasteiger partial charge in [0, 0.05) is 41.7 Å². The molecule has 7 heteroatoms. The number of carbonyl (C=O) groups excluding carboxylic acids is 1. The van der Waals surface area contributed by atoms with Gasteiger partial charge in [-0.25, -0.2) is 0 Å². The Morgan fingerprint density at radius 1 is 1.06 bits per heavy atom. The second-order valence-corrected chi connectivity index (χ2v) is 9.15. The second kappa shape index (κ2) is 7.23. The number of amides is 1. The lowest BCUT2D eigenvalue weighted by Crippen LogP contribution is -2.71. The van der Waals surface area contributed by atoms with Crippen molar-refractivity contribution >= 4 is 17.0 Å². The largest absolute Gasteiger partial charge is 0.454 e. The van der Waals surface area contributed by atoms with Gasteiger partial charge in [-0.2, -0.15) is 0 Å². The number of hydrogen-bond donors (Lipinski definition) is 1. The number of benzene rings is 1. The number of furan rings is 1. The zero-order valence-corrected chi connectivity index (χ0v) is 18.4. The fourth-order valence-corrected chi connectivity index (χ4v) is 4.39. The number of hydrogen-bond acceptors (Lipinski definition) is 6. The number of likely N-dealkylation sites (tertiary alicyclic amines) is 1. The van der Waals surface area contributed by atoms with E-state index in [0.29, 0.717) is 35.8 Å². The number of fused-ring (bicyclic) bond motifs is 2. The highest BCUT2D eigenvalue weighted by Crippen LogP contribution is 2.35. The molecule has 6 rings (SSSR count). The normalized spacial score (nSPS) is 19.7. The van der Waals surface area contributed by atoms with Crippen LogP contribution >= 0.6 is 0 Å². The highest BCUT2D eigenvalue weighted by molar-refractivity contribution is 5.96. The summed E-state index contributed by atoms with van der Waals surface area (Å²) in [6.45, 7) is 4.73. The number of rotatable bonds is 4. The summed E-state index contributed by atoms with van der Waals surface area (Å²) in [5, 5.41) is 10.3. The lowest BCUT2D eigenvalue weighted by Gasteiger charge is -2.54. The SMILES string of the molecule is CC(C)(O)c1cc(-c2ccnc3cc(-c4ccc(C(=O)N5C[C@H]6OCC65)cc4)oc23)ccn1. The van der Waals surface area contributed by atoms with E-state index in [1.807, 2.05) is 53.4 Å². The maximum absolute atomic E-state index is 12.7. The van der Waals surface area contributed by atoms with Crippen LogP contribution in [0, 0.1) is 0 Å². The molecule has 1 N–H and O–H groups in total. The molecule has 2 saturated heterocycles. The minimum absolute atomic E-state index is 0.0416. The molecule has 1 aromatic carbocycles. The third kappa shape index (κ3) is 3.32. The van der Waals surface area contributed by atoms with Crippen LogP contribution in [0.4, 0.5) is 0 Å².